The lowest BCUT2D eigenvalue weighted by Gasteiger charge is -2.27. The molecule has 9 heteroatoms. The smallest absolute Gasteiger partial charge is 0.410 e. The number of fused-ring (bicyclic) bond motifs is 1. The lowest BCUT2D eigenvalue weighted by Crippen LogP contribution is -2.42. The fourth-order valence-corrected chi connectivity index (χ4v) is 4.73. The van der Waals surface area contributed by atoms with Gasteiger partial charge in [-0.15, -0.1) is 0 Å². The standard InChI is InChI=1S/C22H32IN3O4S/c1-22(2,3)30-21(27)26(15-8-13-23)16-14-24-31(28,29)20-12-7-9-17-18(20)10-6-11-19(17)25(4)5/h6-7,9-12,24H,8,13-16H2,1-5H3. The van der Waals surface area contributed by atoms with Gasteiger partial charge in [0.2, 0.25) is 10.0 Å². The number of nitrogens with zero attached hydrogens (tertiary/aromatic N) is 2. The van der Waals surface area contributed by atoms with E-state index in [0.717, 1.165) is 21.9 Å². The highest BCUT2D eigenvalue weighted by atomic mass is 127. The molecule has 2 aromatic carbocycles. The Kier molecular flexibility index (Phi) is 8.96. The van der Waals surface area contributed by atoms with E-state index in [9.17, 15) is 13.2 Å². The molecule has 0 spiro atoms. The van der Waals surface area contributed by atoms with Gasteiger partial charge in [-0.1, -0.05) is 46.9 Å². The minimum absolute atomic E-state index is 0.104. The second-order valence-electron chi connectivity index (χ2n) is 8.43. The van der Waals surface area contributed by atoms with E-state index in [1.165, 1.54) is 0 Å². The SMILES string of the molecule is CN(C)c1cccc2c(S(=O)(=O)NCCN(CCCI)C(=O)OC(C)(C)C)cccc12. The maximum Gasteiger partial charge on any atom is 0.410 e. The summed E-state index contributed by atoms with van der Waals surface area (Å²) in [6.45, 7) is 6.29. The Balaban J connectivity index is 2.18. The number of nitrogens with one attached hydrogen (secondary N) is 1. The van der Waals surface area contributed by atoms with Crippen LogP contribution >= 0.6 is 22.6 Å². The Bertz CT molecular complexity index is 1000. The van der Waals surface area contributed by atoms with E-state index in [2.05, 4.69) is 27.3 Å². The molecule has 0 aliphatic carbocycles. The van der Waals surface area contributed by atoms with Crippen molar-refractivity contribution in [1.29, 1.82) is 0 Å². The molecule has 0 atom stereocenters. The van der Waals surface area contributed by atoms with Gasteiger partial charge < -0.3 is 14.5 Å². The maximum absolute atomic E-state index is 13.1. The predicted octanol–water partition coefficient (Wildman–Crippen LogP) is 4.25. The number of benzene rings is 2. The summed E-state index contributed by atoms with van der Waals surface area (Å²) < 4.78 is 35.1. The van der Waals surface area contributed by atoms with Crippen molar-refractivity contribution < 1.29 is 17.9 Å². The van der Waals surface area contributed by atoms with Gasteiger partial charge in [0, 0.05) is 54.6 Å². The number of halogens is 1. The van der Waals surface area contributed by atoms with Crippen LogP contribution in [0.2, 0.25) is 0 Å². The summed E-state index contributed by atoms with van der Waals surface area (Å²) in [5.74, 6) is 0. The van der Waals surface area contributed by atoms with E-state index in [-0.39, 0.29) is 18.0 Å². The molecule has 0 aliphatic heterocycles. The first-order valence-corrected chi connectivity index (χ1v) is 13.2. The maximum atomic E-state index is 13.1. The highest BCUT2D eigenvalue weighted by Crippen LogP contribution is 2.30. The zero-order valence-corrected chi connectivity index (χ0v) is 21.8. The lowest BCUT2D eigenvalue weighted by atomic mass is 10.1. The van der Waals surface area contributed by atoms with E-state index in [0.29, 0.717) is 11.9 Å². The Hall–Kier alpha value is -1.59. The van der Waals surface area contributed by atoms with E-state index in [1.54, 1.807) is 17.0 Å². The molecule has 0 unspecified atom stereocenters. The monoisotopic (exact) mass is 561 g/mol. The number of rotatable bonds is 9. The number of hydrogen-bond donors (Lipinski definition) is 1. The molecule has 0 fully saturated rings. The molecule has 172 valence electrons. The summed E-state index contributed by atoms with van der Waals surface area (Å²) in [4.78, 5) is 16.2. The second kappa shape index (κ2) is 10.8. The largest absolute Gasteiger partial charge is 0.444 e. The minimum atomic E-state index is -3.76. The fraction of sp³-hybridized carbons (Fsp3) is 0.500. The molecule has 0 saturated heterocycles. The molecule has 0 bridgehead atoms. The van der Waals surface area contributed by atoms with Gasteiger partial charge in [0.05, 0.1) is 4.90 Å². The first-order valence-electron chi connectivity index (χ1n) is 10.2. The van der Waals surface area contributed by atoms with Gasteiger partial charge in [0.15, 0.2) is 0 Å². The number of ether oxygens (including phenoxy) is 1. The van der Waals surface area contributed by atoms with E-state index in [1.807, 2.05) is 64.0 Å². The zero-order chi connectivity index (χ0) is 23.2. The molecule has 0 heterocycles. The molecular weight excluding hydrogens is 529 g/mol. The van der Waals surface area contributed by atoms with Crippen LogP contribution in [0.5, 0.6) is 0 Å². The topological polar surface area (TPSA) is 79.0 Å². The molecule has 0 radical (unpaired) electrons. The Labute approximate surface area is 199 Å². The normalized spacial score (nSPS) is 12.1. The second-order valence-corrected chi connectivity index (χ2v) is 11.2. The average Bonchev–Trinajstić information content (AvgIpc) is 2.67. The molecule has 0 aliphatic rings. The van der Waals surface area contributed by atoms with Crippen LogP contribution < -0.4 is 9.62 Å². The molecule has 0 saturated carbocycles. The lowest BCUT2D eigenvalue weighted by molar-refractivity contribution is 0.0255. The minimum Gasteiger partial charge on any atom is -0.444 e. The molecule has 1 N–H and O–H groups in total. The van der Waals surface area contributed by atoms with E-state index in [4.69, 9.17) is 4.74 Å². The van der Waals surface area contributed by atoms with Crippen LogP contribution in [0.4, 0.5) is 10.5 Å². The summed E-state index contributed by atoms with van der Waals surface area (Å²) in [6, 6.07) is 10.9. The first-order chi connectivity index (χ1) is 14.5. The number of carbonyl (C=O) groups is 1. The van der Waals surface area contributed by atoms with Crippen LogP contribution in [0.15, 0.2) is 41.3 Å². The van der Waals surface area contributed by atoms with Gasteiger partial charge in [0.25, 0.3) is 0 Å². The van der Waals surface area contributed by atoms with Crippen molar-refractivity contribution >= 4 is 55.2 Å². The van der Waals surface area contributed by atoms with Crippen molar-refractivity contribution in [2.24, 2.45) is 0 Å². The molecular formula is C22H32IN3O4S. The van der Waals surface area contributed by atoms with Crippen LogP contribution in [-0.2, 0) is 14.8 Å². The molecule has 7 nitrogen and oxygen atoms in total. The predicted molar refractivity (Wildman–Crippen MR) is 135 cm³/mol. The number of hydrogen-bond acceptors (Lipinski definition) is 5. The third-order valence-corrected chi connectivity index (χ3v) is 6.80. The van der Waals surface area contributed by atoms with Gasteiger partial charge in [0.1, 0.15) is 5.60 Å². The zero-order valence-electron chi connectivity index (χ0n) is 18.8. The van der Waals surface area contributed by atoms with Gasteiger partial charge >= 0.3 is 6.09 Å². The van der Waals surface area contributed by atoms with Crippen LogP contribution in [-0.4, -0.2) is 63.2 Å². The van der Waals surface area contributed by atoms with Crippen molar-refractivity contribution in [2.45, 2.75) is 37.7 Å². The average molecular weight is 561 g/mol. The van der Waals surface area contributed by atoms with Crippen molar-refractivity contribution in [3.05, 3.63) is 36.4 Å². The number of carbonyl (C=O) groups excluding carboxylic acids is 1. The van der Waals surface area contributed by atoms with Crippen LogP contribution in [0.1, 0.15) is 27.2 Å². The summed E-state index contributed by atoms with van der Waals surface area (Å²) in [5.41, 5.74) is 0.344. The van der Waals surface area contributed by atoms with Gasteiger partial charge in [-0.25, -0.2) is 17.9 Å². The molecule has 1 amide bonds. The summed E-state index contributed by atoms with van der Waals surface area (Å²) >= 11 is 2.25. The summed E-state index contributed by atoms with van der Waals surface area (Å²) in [7, 11) is 0.0965. The Morgan fingerprint density at radius 3 is 2.32 bits per heavy atom. The van der Waals surface area contributed by atoms with Crippen LogP contribution in [0.25, 0.3) is 10.8 Å². The van der Waals surface area contributed by atoms with Crippen molar-refractivity contribution in [3.8, 4) is 0 Å². The third-order valence-electron chi connectivity index (χ3n) is 4.52. The van der Waals surface area contributed by atoms with Gasteiger partial charge in [-0.05, 0) is 39.3 Å². The molecule has 2 rings (SSSR count). The number of alkyl halides is 1. The Morgan fingerprint density at radius 2 is 1.71 bits per heavy atom. The quantitative estimate of drug-likeness (QED) is 0.366. The van der Waals surface area contributed by atoms with Crippen molar-refractivity contribution in [1.82, 2.24) is 9.62 Å². The van der Waals surface area contributed by atoms with Crippen LogP contribution in [0.3, 0.4) is 0 Å². The number of amides is 1. The number of anilines is 1. The van der Waals surface area contributed by atoms with Crippen LogP contribution in [0, 0.1) is 0 Å². The van der Waals surface area contributed by atoms with E-state index >= 15 is 0 Å². The first kappa shape index (κ1) is 25.7. The third kappa shape index (κ3) is 7.21. The Morgan fingerprint density at radius 1 is 1.06 bits per heavy atom. The molecule has 2 aromatic rings. The van der Waals surface area contributed by atoms with E-state index < -0.39 is 21.7 Å². The highest BCUT2D eigenvalue weighted by Gasteiger charge is 2.23. The number of sulfonamides is 1. The highest BCUT2D eigenvalue weighted by molar-refractivity contribution is 14.1. The van der Waals surface area contributed by atoms with Crippen molar-refractivity contribution in [2.75, 3.05) is 43.1 Å². The molecule has 31 heavy (non-hydrogen) atoms. The van der Waals surface area contributed by atoms with Crippen molar-refractivity contribution in [3.63, 3.8) is 0 Å². The van der Waals surface area contributed by atoms with Gasteiger partial charge in [-0.2, -0.15) is 0 Å². The molecule has 0 aromatic heterocycles. The summed E-state index contributed by atoms with van der Waals surface area (Å²) in [6.07, 6.45) is 0.376. The summed E-state index contributed by atoms with van der Waals surface area (Å²) in [5, 5.41) is 1.53. The fourth-order valence-electron chi connectivity index (χ4n) is 3.15. The van der Waals surface area contributed by atoms with Gasteiger partial charge in [-0.3, -0.25) is 0 Å².